The lowest BCUT2D eigenvalue weighted by molar-refractivity contribution is 0.359. The molecule has 0 saturated carbocycles. The maximum Gasteiger partial charge on any atom is 0.0102 e. The van der Waals surface area contributed by atoms with Crippen LogP contribution in [0.3, 0.4) is 0 Å². The third-order valence-electron chi connectivity index (χ3n) is 4.25. The SMILES string of the molecule is c1ccc2c(c1)CC(C1CCCCCN1)C2. The van der Waals surface area contributed by atoms with E-state index in [2.05, 4.69) is 29.6 Å². The van der Waals surface area contributed by atoms with E-state index in [9.17, 15) is 0 Å². The normalized spacial score (nSPS) is 26.4. The summed E-state index contributed by atoms with van der Waals surface area (Å²) in [6.07, 6.45) is 8.20. The highest BCUT2D eigenvalue weighted by Crippen LogP contribution is 2.30. The second-order valence-corrected chi connectivity index (χ2v) is 5.35. The van der Waals surface area contributed by atoms with Gasteiger partial charge in [-0.15, -0.1) is 0 Å². The van der Waals surface area contributed by atoms with Crippen molar-refractivity contribution in [1.82, 2.24) is 5.32 Å². The van der Waals surface area contributed by atoms with E-state index in [0.717, 1.165) is 12.0 Å². The summed E-state index contributed by atoms with van der Waals surface area (Å²) in [4.78, 5) is 0. The van der Waals surface area contributed by atoms with Crippen molar-refractivity contribution < 1.29 is 0 Å². The van der Waals surface area contributed by atoms with E-state index in [1.807, 2.05) is 0 Å². The standard InChI is InChI=1S/C15H21N/c1-2-8-15(16-9-5-1)14-10-12-6-3-4-7-13(12)11-14/h3-4,6-7,14-16H,1-2,5,8-11H2. The van der Waals surface area contributed by atoms with Crippen LogP contribution in [0.25, 0.3) is 0 Å². The average molecular weight is 215 g/mol. The van der Waals surface area contributed by atoms with Crippen LogP contribution < -0.4 is 5.32 Å². The van der Waals surface area contributed by atoms with Gasteiger partial charge in [0.15, 0.2) is 0 Å². The van der Waals surface area contributed by atoms with Crippen LogP contribution in [0.2, 0.25) is 0 Å². The van der Waals surface area contributed by atoms with Crippen LogP contribution in [0, 0.1) is 5.92 Å². The molecular weight excluding hydrogens is 194 g/mol. The fraction of sp³-hybridized carbons (Fsp3) is 0.600. The summed E-state index contributed by atoms with van der Waals surface area (Å²) in [5, 5.41) is 3.76. The Morgan fingerprint density at radius 3 is 2.44 bits per heavy atom. The number of nitrogens with one attached hydrogen (secondary N) is 1. The first kappa shape index (κ1) is 10.3. The highest BCUT2D eigenvalue weighted by atomic mass is 14.9. The van der Waals surface area contributed by atoms with Crippen LogP contribution in [0.5, 0.6) is 0 Å². The van der Waals surface area contributed by atoms with Gasteiger partial charge in [0, 0.05) is 6.04 Å². The molecule has 1 unspecified atom stereocenters. The molecule has 3 rings (SSSR count). The molecule has 0 spiro atoms. The molecule has 0 aromatic heterocycles. The van der Waals surface area contributed by atoms with Gasteiger partial charge in [-0.05, 0) is 49.3 Å². The Kier molecular flexibility index (Phi) is 2.96. The van der Waals surface area contributed by atoms with Crippen molar-refractivity contribution in [3.63, 3.8) is 0 Å². The highest BCUT2D eigenvalue weighted by molar-refractivity contribution is 5.32. The molecule has 1 aliphatic carbocycles. The van der Waals surface area contributed by atoms with E-state index in [0.29, 0.717) is 0 Å². The van der Waals surface area contributed by atoms with Gasteiger partial charge in [0.05, 0.1) is 0 Å². The third-order valence-corrected chi connectivity index (χ3v) is 4.25. The van der Waals surface area contributed by atoms with Crippen LogP contribution in [0.15, 0.2) is 24.3 Å². The molecule has 1 fully saturated rings. The minimum atomic E-state index is 0.773. The molecule has 86 valence electrons. The van der Waals surface area contributed by atoms with E-state index in [-0.39, 0.29) is 0 Å². The lowest BCUT2D eigenvalue weighted by Crippen LogP contribution is -2.35. The predicted molar refractivity (Wildman–Crippen MR) is 67.6 cm³/mol. The van der Waals surface area contributed by atoms with Crippen LogP contribution in [0.1, 0.15) is 36.8 Å². The van der Waals surface area contributed by atoms with Crippen molar-refractivity contribution in [2.24, 2.45) is 5.92 Å². The smallest absolute Gasteiger partial charge is 0.0102 e. The van der Waals surface area contributed by atoms with Crippen molar-refractivity contribution in [1.29, 1.82) is 0 Å². The van der Waals surface area contributed by atoms with E-state index in [1.54, 1.807) is 11.1 Å². The van der Waals surface area contributed by atoms with Crippen LogP contribution in [0.4, 0.5) is 0 Å². The van der Waals surface area contributed by atoms with Crippen molar-refractivity contribution in [3.8, 4) is 0 Å². The van der Waals surface area contributed by atoms with Crippen LogP contribution in [-0.2, 0) is 12.8 Å². The molecule has 1 aromatic carbocycles. The molecular formula is C15H21N. The highest BCUT2D eigenvalue weighted by Gasteiger charge is 2.28. The van der Waals surface area contributed by atoms with Crippen molar-refractivity contribution >= 4 is 0 Å². The molecule has 16 heavy (non-hydrogen) atoms. The topological polar surface area (TPSA) is 12.0 Å². The van der Waals surface area contributed by atoms with Gasteiger partial charge in [-0.2, -0.15) is 0 Å². The van der Waals surface area contributed by atoms with Crippen molar-refractivity contribution in [3.05, 3.63) is 35.4 Å². The first-order valence-corrected chi connectivity index (χ1v) is 6.73. The van der Waals surface area contributed by atoms with Crippen molar-refractivity contribution in [2.75, 3.05) is 6.54 Å². The first-order valence-electron chi connectivity index (χ1n) is 6.73. The Morgan fingerprint density at radius 1 is 0.938 bits per heavy atom. The summed E-state index contributed by atoms with van der Waals surface area (Å²) in [6, 6.07) is 9.76. The second-order valence-electron chi connectivity index (χ2n) is 5.35. The second kappa shape index (κ2) is 4.58. The molecule has 1 heteroatoms. The van der Waals surface area contributed by atoms with Crippen LogP contribution >= 0.6 is 0 Å². The first-order chi connectivity index (χ1) is 7.93. The van der Waals surface area contributed by atoms with E-state index in [4.69, 9.17) is 0 Å². The largest absolute Gasteiger partial charge is 0.314 e. The van der Waals surface area contributed by atoms with Gasteiger partial charge in [0.2, 0.25) is 0 Å². The molecule has 1 atom stereocenters. The Balaban J connectivity index is 1.70. The van der Waals surface area contributed by atoms with Gasteiger partial charge in [-0.1, -0.05) is 37.1 Å². The molecule has 0 radical (unpaired) electrons. The number of fused-ring (bicyclic) bond motifs is 1. The third kappa shape index (κ3) is 2.01. The summed E-state index contributed by atoms with van der Waals surface area (Å²) in [5.74, 6) is 0.857. The summed E-state index contributed by atoms with van der Waals surface area (Å²) in [5.41, 5.74) is 3.19. The summed E-state index contributed by atoms with van der Waals surface area (Å²) >= 11 is 0. The van der Waals surface area contributed by atoms with E-state index in [1.165, 1.54) is 45.1 Å². The van der Waals surface area contributed by atoms with Gasteiger partial charge in [-0.3, -0.25) is 0 Å². The molecule has 0 amide bonds. The molecule has 2 aliphatic rings. The quantitative estimate of drug-likeness (QED) is 0.759. The van der Waals surface area contributed by atoms with Gasteiger partial charge in [-0.25, -0.2) is 0 Å². The Labute approximate surface area is 98.3 Å². The zero-order valence-electron chi connectivity index (χ0n) is 9.91. The van der Waals surface area contributed by atoms with E-state index < -0.39 is 0 Å². The monoisotopic (exact) mass is 215 g/mol. The molecule has 1 heterocycles. The Hall–Kier alpha value is -0.820. The molecule has 1 saturated heterocycles. The Morgan fingerprint density at radius 2 is 1.69 bits per heavy atom. The van der Waals surface area contributed by atoms with Gasteiger partial charge >= 0.3 is 0 Å². The number of benzene rings is 1. The molecule has 0 bridgehead atoms. The number of hydrogen-bond acceptors (Lipinski definition) is 1. The van der Waals surface area contributed by atoms with Gasteiger partial charge in [0.1, 0.15) is 0 Å². The predicted octanol–water partition coefficient (Wildman–Crippen LogP) is 2.93. The number of rotatable bonds is 1. The zero-order chi connectivity index (χ0) is 10.8. The minimum absolute atomic E-state index is 0.773. The molecule has 1 aliphatic heterocycles. The summed E-state index contributed by atoms with van der Waals surface area (Å²) in [6.45, 7) is 1.23. The lowest BCUT2D eigenvalue weighted by atomic mass is 9.93. The Bertz CT molecular complexity index is 325. The van der Waals surface area contributed by atoms with Gasteiger partial charge < -0.3 is 5.32 Å². The minimum Gasteiger partial charge on any atom is -0.314 e. The summed E-state index contributed by atoms with van der Waals surface area (Å²) < 4.78 is 0. The maximum absolute atomic E-state index is 3.76. The van der Waals surface area contributed by atoms with Crippen LogP contribution in [-0.4, -0.2) is 12.6 Å². The lowest BCUT2D eigenvalue weighted by Gasteiger charge is -2.22. The fourth-order valence-electron chi connectivity index (χ4n) is 3.34. The summed E-state index contributed by atoms with van der Waals surface area (Å²) in [7, 11) is 0. The molecule has 1 nitrogen and oxygen atoms in total. The average Bonchev–Trinajstić information content (AvgIpc) is 2.56. The molecule has 1 N–H and O–H groups in total. The van der Waals surface area contributed by atoms with Gasteiger partial charge in [0.25, 0.3) is 0 Å². The number of hydrogen-bond donors (Lipinski definition) is 1. The molecule has 1 aromatic rings. The zero-order valence-corrected chi connectivity index (χ0v) is 9.91. The maximum atomic E-state index is 3.76. The van der Waals surface area contributed by atoms with Crippen molar-refractivity contribution in [2.45, 2.75) is 44.6 Å². The fourth-order valence-corrected chi connectivity index (χ4v) is 3.34. The van der Waals surface area contributed by atoms with E-state index >= 15 is 0 Å².